The van der Waals surface area contributed by atoms with Gasteiger partial charge in [-0.1, -0.05) is 37.6 Å². The molecule has 0 spiro atoms. The van der Waals surface area contributed by atoms with Gasteiger partial charge >= 0.3 is 0 Å². The molecule has 5 rings (SSSR count). The van der Waals surface area contributed by atoms with Crippen molar-refractivity contribution in [2.75, 3.05) is 0 Å². The van der Waals surface area contributed by atoms with Crippen LogP contribution in [-0.2, 0) is 13.5 Å². The molecule has 4 aromatic rings. The molecule has 29 heavy (non-hydrogen) atoms. The van der Waals surface area contributed by atoms with E-state index in [-0.39, 0.29) is 0 Å². The minimum absolute atomic E-state index is 0.617. The van der Waals surface area contributed by atoms with Crippen molar-refractivity contribution in [3.8, 4) is 22.8 Å². The summed E-state index contributed by atoms with van der Waals surface area (Å²) in [4.78, 5) is 0. The van der Waals surface area contributed by atoms with Gasteiger partial charge in [-0.15, -0.1) is 0 Å². The molecular formula is C27H28NO+. The van der Waals surface area contributed by atoms with Gasteiger partial charge < -0.3 is 4.74 Å². The van der Waals surface area contributed by atoms with Crippen LogP contribution in [0.1, 0.15) is 36.1 Å². The lowest BCUT2D eigenvalue weighted by Crippen LogP contribution is -2.31. The Morgan fingerprint density at radius 2 is 1.72 bits per heavy atom. The Morgan fingerprint density at radius 3 is 2.48 bits per heavy atom. The third kappa shape index (κ3) is 2.73. The van der Waals surface area contributed by atoms with Gasteiger partial charge in [-0.3, -0.25) is 0 Å². The standard InChI is InChI=1S/C27H28NO/c1-15(2)9-19-12-20-7-8-28(6)27-25-18(5)22-11-16(3)10-17(4)21(22)14-24(25)29-23(13-19)26(20)27/h7-8,10-15H,9H2,1-6H3/q+1. The van der Waals surface area contributed by atoms with Crippen LogP contribution in [-0.4, -0.2) is 0 Å². The maximum Gasteiger partial charge on any atom is 0.228 e. The number of aryl methyl sites for hydroxylation is 4. The van der Waals surface area contributed by atoms with E-state index >= 15 is 0 Å². The Kier molecular flexibility index (Phi) is 3.96. The van der Waals surface area contributed by atoms with Gasteiger partial charge in [-0.25, -0.2) is 4.57 Å². The molecule has 2 nitrogen and oxygen atoms in total. The molecule has 0 saturated heterocycles. The van der Waals surface area contributed by atoms with Crippen molar-refractivity contribution >= 4 is 21.5 Å². The summed E-state index contributed by atoms with van der Waals surface area (Å²) in [5, 5.41) is 5.09. The molecule has 0 bridgehead atoms. The van der Waals surface area contributed by atoms with E-state index in [9.17, 15) is 0 Å². The molecule has 0 N–H and O–H groups in total. The van der Waals surface area contributed by atoms with Crippen molar-refractivity contribution in [1.29, 1.82) is 0 Å². The highest BCUT2D eigenvalue weighted by Gasteiger charge is 2.30. The number of hydrogen-bond acceptors (Lipinski definition) is 1. The maximum atomic E-state index is 6.59. The number of fused-ring (bicyclic) bond motifs is 3. The van der Waals surface area contributed by atoms with Crippen molar-refractivity contribution in [2.24, 2.45) is 13.0 Å². The summed E-state index contributed by atoms with van der Waals surface area (Å²) in [6.07, 6.45) is 3.24. The zero-order valence-electron chi connectivity index (χ0n) is 18.2. The van der Waals surface area contributed by atoms with Gasteiger partial charge in [0.05, 0.1) is 10.9 Å². The molecule has 1 aliphatic rings. The first-order valence-electron chi connectivity index (χ1n) is 10.5. The van der Waals surface area contributed by atoms with E-state index in [1.54, 1.807) is 0 Å². The van der Waals surface area contributed by atoms with Gasteiger partial charge in [0.15, 0.2) is 6.20 Å². The summed E-state index contributed by atoms with van der Waals surface area (Å²) in [7, 11) is 2.14. The molecule has 1 aliphatic heterocycles. The molecular weight excluding hydrogens is 354 g/mol. The highest BCUT2D eigenvalue weighted by molar-refractivity contribution is 6.06. The summed E-state index contributed by atoms with van der Waals surface area (Å²) in [6, 6.07) is 13.6. The van der Waals surface area contributed by atoms with Crippen molar-refractivity contribution in [2.45, 2.75) is 41.0 Å². The SMILES string of the molecule is Cc1cc(C)c2cc3c(c(C)c2c1)-c1c2c(cc(CC(C)C)cc2cc[n+]1C)O3. The largest absolute Gasteiger partial charge is 0.456 e. The molecule has 0 fully saturated rings. The van der Waals surface area contributed by atoms with E-state index in [2.05, 4.69) is 88.8 Å². The summed E-state index contributed by atoms with van der Waals surface area (Å²) >= 11 is 0. The Morgan fingerprint density at radius 1 is 0.931 bits per heavy atom. The van der Waals surface area contributed by atoms with Gasteiger partial charge in [0.25, 0.3) is 0 Å². The summed E-state index contributed by atoms with van der Waals surface area (Å²) in [5.41, 5.74) is 7.72. The topological polar surface area (TPSA) is 13.1 Å². The molecule has 0 saturated carbocycles. The fourth-order valence-corrected chi connectivity index (χ4v) is 4.99. The highest BCUT2D eigenvalue weighted by atomic mass is 16.5. The van der Waals surface area contributed by atoms with Crippen molar-refractivity contribution in [1.82, 2.24) is 0 Å². The van der Waals surface area contributed by atoms with Crippen LogP contribution in [0.2, 0.25) is 0 Å². The number of rotatable bonds is 2. The number of ether oxygens (including phenoxy) is 1. The van der Waals surface area contributed by atoms with E-state index in [1.807, 2.05) is 0 Å². The lowest BCUT2D eigenvalue weighted by Gasteiger charge is -2.23. The van der Waals surface area contributed by atoms with Gasteiger partial charge in [0.2, 0.25) is 5.69 Å². The molecule has 2 heterocycles. The number of pyridine rings is 1. The Bertz CT molecular complexity index is 1310. The highest BCUT2D eigenvalue weighted by Crippen LogP contribution is 2.49. The zero-order chi connectivity index (χ0) is 20.4. The summed E-state index contributed by atoms with van der Waals surface area (Å²) in [5.74, 6) is 2.58. The summed E-state index contributed by atoms with van der Waals surface area (Å²) < 4.78 is 8.83. The molecule has 0 aliphatic carbocycles. The second-order valence-electron chi connectivity index (χ2n) is 9.09. The lowest BCUT2D eigenvalue weighted by atomic mass is 9.89. The first-order chi connectivity index (χ1) is 13.8. The summed E-state index contributed by atoms with van der Waals surface area (Å²) in [6.45, 7) is 11.1. The van der Waals surface area contributed by atoms with Crippen LogP contribution in [0.25, 0.3) is 32.8 Å². The van der Waals surface area contributed by atoms with Crippen LogP contribution < -0.4 is 9.30 Å². The number of hydrogen-bond donors (Lipinski definition) is 0. The van der Waals surface area contributed by atoms with Gasteiger partial charge in [0.1, 0.15) is 18.5 Å². The van der Waals surface area contributed by atoms with Crippen molar-refractivity contribution in [3.63, 3.8) is 0 Å². The van der Waals surface area contributed by atoms with Crippen LogP contribution in [0.15, 0.2) is 42.6 Å². The maximum absolute atomic E-state index is 6.59. The molecule has 2 heteroatoms. The van der Waals surface area contributed by atoms with Crippen molar-refractivity contribution < 1.29 is 9.30 Å². The predicted molar refractivity (Wildman–Crippen MR) is 121 cm³/mol. The minimum Gasteiger partial charge on any atom is -0.456 e. The van der Waals surface area contributed by atoms with Crippen LogP contribution >= 0.6 is 0 Å². The van der Waals surface area contributed by atoms with Crippen LogP contribution in [0.5, 0.6) is 11.5 Å². The second-order valence-corrected chi connectivity index (χ2v) is 9.09. The van der Waals surface area contributed by atoms with Gasteiger partial charge in [-0.2, -0.15) is 0 Å². The third-order valence-corrected chi connectivity index (χ3v) is 6.19. The smallest absolute Gasteiger partial charge is 0.228 e. The zero-order valence-corrected chi connectivity index (χ0v) is 18.2. The van der Waals surface area contributed by atoms with Gasteiger partial charge in [0, 0.05) is 6.07 Å². The monoisotopic (exact) mass is 382 g/mol. The third-order valence-electron chi connectivity index (χ3n) is 6.19. The predicted octanol–water partition coefficient (Wildman–Crippen LogP) is 6.71. The number of benzene rings is 3. The molecule has 146 valence electrons. The normalized spacial score (nSPS) is 12.5. The lowest BCUT2D eigenvalue weighted by molar-refractivity contribution is -0.659. The quantitative estimate of drug-likeness (QED) is 0.309. The Balaban J connectivity index is 1.88. The average Bonchev–Trinajstić information content (AvgIpc) is 2.64. The van der Waals surface area contributed by atoms with Crippen LogP contribution in [0, 0.1) is 26.7 Å². The first-order valence-corrected chi connectivity index (χ1v) is 10.5. The average molecular weight is 383 g/mol. The second kappa shape index (κ2) is 6.32. The number of aromatic nitrogens is 1. The fraction of sp³-hybridized carbons (Fsp3) is 0.296. The van der Waals surface area contributed by atoms with Crippen LogP contribution in [0.4, 0.5) is 0 Å². The van der Waals surface area contributed by atoms with Gasteiger partial charge in [-0.05, 0) is 78.1 Å². The van der Waals surface area contributed by atoms with E-state index < -0.39 is 0 Å². The Labute approximate surface area is 172 Å². The minimum atomic E-state index is 0.617. The number of nitrogens with zero attached hydrogens (tertiary/aromatic N) is 1. The van der Waals surface area contributed by atoms with Crippen LogP contribution in [0.3, 0.4) is 0 Å². The van der Waals surface area contributed by atoms with E-state index in [0.717, 1.165) is 17.9 Å². The van der Waals surface area contributed by atoms with Crippen molar-refractivity contribution in [3.05, 3.63) is 64.8 Å². The molecule has 3 aromatic carbocycles. The first kappa shape index (κ1) is 18.2. The molecule has 0 amide bonds. The van der Waals surface area contributed by atoms with E-state index in [0.29, 0.717) is 5.92 Å². The van der Waals surface area contributed by atoms with E-state index in [1.165, 1.54) is 55.1 Å². The Hall–Kier alpha value is -2.87. The molecule has 0 radical (unpaired) electrons. The molecule has 0 atom stereocenters. The fourth-order valence-electron chi connectivity index (χ4n) is 4.99. The molecule has 1 aromatic heterocycles. The van der Waals surface area contributed by atoms with E-state index in [4.69, 9.17) is 4.74 Å². The molecule has 0 unspecified atom stereocenters.